The number of anilines is 2. The molecule has 0 aliphatic heterocycles. The minimum atomic E-state index is -4.62. The number of nitrogens with two attached hydrogens (primary N) is 1. The number of aromatic nitrogens is 2. The number of hydrogen-bond donors (Lipinski definition) is 1. The zero-order chi connectivity index (χ0) is 24.7. The van der Waals surface area contributed by atoms with E-state index in [9.17, 15) is 22.4 Å². The number of amides is 2. The second-order valence-electron chi connectivity index (χ2n) is 7.89. The molecule has 2 heterocycles. The zero-order valence-electron chi connectivity index (χ0n) is 18.7. The smallest absolute Gasteiger partial charge is 0.351 e. The Morgan fingerprint density at radius 1 is 1.12 bits per heavy atom. The van der Waals surface area contributed by atoms with Gasteiger partial charge in [-0.2, -0.15) is 17.6 Å². The molecule has 0 saturated heterocycles. The number of hydrogen-bond acceptors (Lipinski definition) is 4. The number of aryl methyl sites for hydroxylation is 1. The molecule has 0 aliphatic carbocycles. The minimum Gasteiger partial charge on any atom is -0.351 e. The van der Waals surface area contributed by atoms with Crippen molar-refractivity contribution in [2.45, 2.75) is 58.0 Å². The van der Waals surface area contributed by atoms with Crippen molar-refractivity contribution in [3.05, 3.63) is 59.0 Å². The Morgan fingerprint density at radius 3 is 2.50 bits per heavy atom. The highest BCUT2D eigenvalue weighted by atomic mass is 32.1. The Balaban J connectivity index is 1.90. The zero-order valence-corrected chi connectivity index (χ0v) is 19.6. The first-order chi connectivity index (χ1) is 16.2. The molecule has 0 bridgehead atoms. The fourth-order valence-electron chi connectivity index (χ4n) is 3.68. The standard InChI is InChI=1S/C24H26F4N4OS/c1-2-3-4-5-6-7-9-16-11-12-18(14-19(16)24(26,27)28)32(22(29)33)23-31-20(21(25)34-23)17-10-8-13-30-15-17/h8,10-15H,2-7,9H2,1H3,(H2,29,33). The lowest BCUT2D eigenvalue weighted by atomic mass is 9.99. The van der Waals surface area contributed by atoms with E-state index in [4.69, 9.17) is 5.73 Å². The Bertz CT molecular complexity index is 1100. The number of urea groups is 1. The molecular weight excluding hydrogens is 468 g/mol. The summed E-state index contributed by atoms with van der Waals surface area (Å²) < 4.78 is 56.1. The quantitative estimate of drug-likeness (QED) is 0.235. The van der Waals surface area contributed by atoms with Crippen molar-refractivity contribution < 1.29 is 22.4 Å². The topological polar surface area (TPSA) is 72.1 Å². The van der Waals surface area contributed by atoms with Crippen LogP contribution in [-0.2, 0) is 12.6 Å². The van der Waals surface area contributed by atoms with E-state index in [1.165, 1.54) is 24.5 Å². The van der Waals surface area contributed by atoms with Crippen molar-refractivity contribution in [2.24, 2.45) is 5.73 Å². The van der Waals surface area contributed by atoms with Crippen LogP contribution in [0.5, 0.6) is 0 Å². The SMILES string of the molecule is CCCCCCCCc1ccc(N(C(N)=O)c2nc(-c3cccnc3)c(F)s2)cc1C(F)(F)F. The highest BCUT2D eigenvalue weighted by molar-refractivity contribution is 7.14. The molecule has 0 aliphatic rings. The Morgan fingerprint density at radius 2 is 1.85 bits per heavy atom. The van der Waals surface area contributed by atoms with Crippen molar-refractivity contribution in [3.8, 4) is 11.3 Å². The lowest BCUT2D eigenvalue weighted by Crippen LogP contribution is -2.31. The van der Waals surface area contributed by atoms with E-state index in [2.05, 4.69) is 16.9 Å². The molecule has 0 radical (unpaired) electrons. The maximum atomic E-state index is 14.6. The number of primary amides is 1. The Hall–Kier alpha value is -3.01. The first-order valence-corrected chi connectivity index (χ1v) is 11.9. The van der Waals surface area contributed by atoms with Gasteiger partial charge in [0.05, 0.1) is 11.3 Å². The van der Waals surface area contributed by atoms with Gasteiger partial charge in [-0.1, -0.05) is 56.4 Å². The maximum absolute atomic E-state index is 14.6. The number of carbonyl (C=O) groups is 1. The number of alkyl halides is 3. The van der Waals surface area contributed by atoms with Crippen molar-refractivity contribution in [2.75, 3.05) is 4.90 Å². The number of benzene rings is 1. The van der Waals surface area contributed by atoms with Crippen molar-refractivity contribution in [3.63, 3.8) is 0 Å². The van der Waals surface area contributed by atoms with Crippen LogP contribution in [0.3, 0.4) is 0 Å². The van der Waals surface area contributed by atoms with Crippen LogP contribution in [0, 0.1) is 5.13 Å². The van der Waals surface area contributed by atoms with E-state index in [0.29, 0.717) is 23.3 Å². The second-order valence-corrected chi connectivity index (χ2v) is 8.82. The lowest BCUT2D eigenvalue weighted by molar-refractivity contribution is -0.138. The molecule has 0 spiro atoms. The molecule has 0 fully saturated rings. The summed E-state index contributed by atoms with van der Waals surface area (Å²) in [5.41, 5.74) is 4.97. The molecule has 3 rings (SSSR count). The summed E-state index contributed by atoms with van der Waals surface area (Å²) in [6, 6.07) is 5.73. The van der Waals surface area contributed by atoms with Crippen LogP contribution in [0.1, 0.15) is 56.6 Å². The summed E-state index contributed by atoms with van der Waals surface area (Å²) in [7, 11) is 0. The Labute approximate surface area is 199 Å². The molecule has 3 aromatic rings. The third-order valence-electron chi connectivity index (χ3n) is 5.38. The highest BCUT2D eigenvalue weighted by Crippen LogP contribution is 2.39. The molecule has 5 nitrogen and oxygen atoms in total. The van der Waals surface area contributed by atoms with Gasteiger partial charge in [-0.25, -0.2) is 14.7 Å². The summed E-state index contributed by atoms with van der Waals surface area (Å²) in [5.74, 6) is 0. The molecular formula is C24H26F4N4OS. The minimum absolute atomic E-state index is 0.0601. The van der Waals surface area contributed by atoms with E-state index in [-0.39, 0.29) is 28.5 Å². The number of unbranched alkanes of at least 4 members (excludes halogenated alkanes) is 5. The summed E-state index contributed by atoms with van der Waals surface area (Å²) in [6.07, 6.45) is 4.32. The third kappa shape index (κ3) is 6.31. The molecule has 34 heavy (non-hydrogen) atoms. The van der Waals surface area contributed by atoms with Crippen LogP contribution in [-0.4, -0.2) is 16.0 Å². The number of halogens is 4. The summed E-state index contributed by atoms with van der Waals surface area (Å²) in [5, 5.41) is -0.870. The molecule has 2 aromatic heterocycles. The first-order valence-electron chi connectivity index (χ1n) is 11.1. The van der Waals surface area contributed by atoms with Gasteiger partial charge in [0.2, 0.25) is 10.3 Å². The monoisotopic (exact) mass is 494 g/mol. The second kappa shape index (κ2) is 11.4. The van der Waals surface area contributed by atoms with Crippen molar-refractivity contribution in [1.82, 2.24) is 9.97 Å². The van der Waals surface area contributed by atoms with Crippen molar-refractivity contribution in [1.29, 1.82) is 0 Å². The largest absolute Gasteiger partial charge is 0.416 e. The van der Waals surface area contributed by atoms with Gasteiger partial charge >= 0.3 is 12.2 Å². The number of carbonyl (C=O) groups excluding carboxylic acids is 1. The maximum Gasteiger partial charge on any atom is 0.416 e. The fraction of sp³-hybridized carbons (Fsp3) is 0.375. The van der Waals surface area contributed by atoms with Gasteiger partial charge in [0.1, 0.15) is 5.69 Å². The third-order valence-corrected chi connectivity index (χ3v) is 6.21. The van der Waals surface area contributed by atoms with Crippen LogP contribution < -0.4 is 10.6 Å². The van der Waals surface area contributed by atoms with E-state index in [1.54, 1.807) is 12.1 Å². The van der Waals surface area contributed by atoms with Gasteiger partial charge in [0.25, 0.3) is 0 Å². The van der Waals surface area contributed by atoms with Crippen molar-refractivity contribution >= 4 is 28.2 Å². The number of thiazole rings is 1. The van der Waals surface area contributed by atoms with Crippen LogP contribution >= 0.6 is 11.3 Å². The van der Waals surface area contributed by atoms with Gasteiger partial charge in [-0.3, -0.25) is 4.98 Å². The molecule has 1 aromatic carbocycles. The lowest BCUT2D eigenvalue weighted by Gasteiger charge is -2.20. The number of nitrogens with zero attached hydrogens (tertiary/aromatic N) is 3. The molecule has 0 unspecified atom stereocenters. The molecule has 10 heteroatoms. The number of rotatable bonds is 10. The van der Waals surface area contributed by atoms with Gasteiger partial charge in [0.15, 0.2) is 0 Å². The van der Waals surface area contributed by atoms with Gasteiger partial charge in [-0.05, 0) is 42.7 Å². The van der Waals surface area contributed by atoms with Gasteiger partial charge < -0.3 is 5.73 Å². The molecule has 182 valence electrons. The van der Waals surface area contributed by atoms with Crippen LogP contribution in [0.2, 0.25) is 0 Å². The van der Waals surface area contributed by atoms with Crippen LogP contribution in [0.25, 0.3) is 11.3 Å². The summed E-state index contributed by atoms with van der Waals surface area (Å²) in [4.78, 5) is 21.0. The fourth-order valence-corrected chi connectivity index (χ4v) is 4.52. The van der Waals surface area contributed by atoms with E-state index < -0.39 is 22.9 Å². The van der Waals surface area contributed by atoms with E-state index in [1.807, 2.05) is 0 Å². The molecule has 2 amide bonds. The first kappa shape index (κ1) is 25.6. The molecule has 0 atom stereocenters. The van der Waals surface area contributed by atoms with Crippen LogP contribution in [0.4, 0.5) is 33.2 Å². The summed E-state index contributed by atoms with van der Waals surface area (Å²) >= 11 is 0.520. The van der Waals surface area contributed by atoms with Gasteiger partial charge in [-0.15, -0.1) is 0 Å². The van der Waals surface area contributed by atoms with Crippen LogP contribution in [0.15, 0.2) is 42.7 Å². The summed E-state index contributed by atoms with van der Waals surface area (Å²) in [6.45, 7) is 2.10. The van der Waals surface area contributed by atoms with Gasteiger partial charge in [0, 0.05) is 18.0 Å². The number of pyridine rings is 1. The normalized spacial score (nSPS) is 11.6. The Kier molecular flexibility index (Phi) is 8.60. The average molecular weight is 495 g/mol. The molecule has 2 N–H and O–H groups in total. The van der Waals surface area contributed by atoms with E-state index >= 15 is 0 Å². The highest BCUT2D eigenvalue weighted by Gasteiger charge is 2.34. The van der Waals surface area contributed by atoms with E-state index in [0.717, 1.165) is 43.1 Å². The molecule has 0 saturated carbocycles. The predicted molar refractivity (Wildman–Crippen MR) is 126 cm³/mol. The predicted octanol–water partition coefficient (Wildman–Crippen LogP) is 7.48. The average Bonchev–Trinajstić information content (AvgIpc) is 3.17.